The van der Waals surface area contributed by atoms with E-state index in [1.54, 1.807) is 6.20 Å². The Morgan fingerprint density at radius 1 is 1.17 bits per heavy atom. The number of hydrogen-bond donors (Lipinski definition) is 2. The summed E-state index contributed by atoms with van der Waals surface area (Å²) in [6.07, 6.45) is 10.1. The molecule has 1 aliphatic carbocycles. The summed E-state index contributed by atoms with van der Waals surface area (Å²) in [6, 6.07) is 10.8. The van der Waals surface area contributed by atoms with Gasteiger partial charge in [0.25, 0.3) is 0 Å². The lowest BCUT2D eigenvalue weighted by atomic mass is 9.96. The molecular weight excluding hydrogens is 286 g/mol. The quantitative estimate of drug-likeness (QED) is 0.659. The minimum atomic E-state index is 0.492. The Morgan fingerprint density at radius 3 is 2.70 bits per heavy atom. The van der Waals surface area contributed by atoms with Crippen LogP contribution in [-0.2, 0) is 13.1 Å². The summed E-state index contributed by atoms with van der Waals surface area (Å²) in [4.78, 5) is 4.53. The number of aliphatic imine (C=N–C) groups is 1. The Hall–Kier alpha value is -2.30. The average Bonchev–Trinajstić information content (AvgIpc) is 3.08. The second-order valence-corrected chi connectivity index (χ2v) is 6.15. The molecule has 0 atom stereocenters. The van der Waals surface area contributed by atoms with Crippen LogP contribution in [0.3, 0.4) is 0 Å². The lowest BCUT2D eigenvalue weighted by molar-refractivity contribution is 0.412. The Kier molecular flexibility index (Phi) is 5.29. The zero-order chi connectivity index (χ0) is 15.9. The molecule has 3 N–H and O–H groups in total. The van der Waals surface area contributed by atoms with Gasteiger partial charge in [0.05, 0.1) is 13.1 Å². The molecule has 0 radical (unpaired) electrons. The van der Waals surface area contributed by atoms with Gasteiger partial charge in [0.2, 0.25) is 0 Å². The minimum absolute atomic E-state index is 0.492. The van der Waals surface area contributed by atoms with Gasteiger partial charge in [-0.05, 0) is 30.0 Å². The van der Waals surface area contributed by atoms with Gasteiger partial charge < -0.3 is 11.1 Å². The van der Waals surface area contributed by atoms with Crippen molar-refractivity contribution in [2.24, 2.45) is 10.7 Å². The third-order valence-electron chi connectivity index (χ3n) is 4.39. The lowest BCUT2D eigenvalue weighted by Crippen LogP contribution is -2.41. The van der Waals surface area contributed by atoms with Crippen molar-refractivity contribution in [1.82, 2.24) is 15.1 Å². The zero-order valence-corrected chi connectivity index (χ0v) is 13.5. The molecule has 1 heterocycles. The maximum absolute atomic E-state index is 6.06. The number of nitrogens with two attached hydrogens (primary N) is 1. The SMILES string of the molecule is NC(=NCc1ccccc1Cn1cccn1)NC1CCCCC1. The highest BCUT2D eigenvalue weighted by molar-refractivity contribution is 5.78. The van der Waals surface area contributed by atoms with Crippen LogP contribution >= 0.6 is 0 Å². The normalized spacial score (nSPS) is 16.4. The molecule has 122 valence electrons. The number of benzene rings is 1. The van der Waals surface area contributed by atoms with Gasteiger partial charge in [-0.3, -0.25) is 4.68 Å². The van der Waals surface area contributed by atoms with Crippen molar-refractivity contribution in [2.45, 2.75) is 51.2 Å². The molecule has 1 aliphatic rings. The molecule has 1 aromatic carbocycles. The number of nitrogens with one attached hydrogen (secondary N) is 1. The Morgan fingerprint density at radius 2 is 1.96 bits per heavy atom. The minimum Gasteiger partial charge on any atom is -0.370 e. The predicted octanol–water partition coefficient (Wildman–Crippen LogP) is 2.67. The van der Waals surface area contributed by atoms with Gasteiger partial charge in [-0.15, -0.1) is 0 Å². The van der Waals surface area contributed by atoms with E-state index in [0.717, 1.165) is 6.54 Å². The van der Waals surface area contributed by atoms with E-state index in [1.807, 2.05) is 23.0 Å². The largest absolute Gasteiger partial charge is 0.370 e. The molecule has 5 heteroatoms. The van der Waals surface area contributed by atoms with Crippen molar-refractivity contribution in [3.63, 3.8) is 0 Å². The summed E-state index contributed by atoms with van der Waals surface area (Å²) in [5.41, 5.74) is 8.48. The molecule has 2 aromatic rings. The molecule has 0 unspecified atom stereocenters. The topological polar surface area (TPSA) is 68.2 Å². The summed E-state index contributed by atoms with van der Waals surface area (Å²) >= 11 is 0. The van der Waals surface area contributed by atoms with Crippen LogP contribution < -0.4 is 11.1 Å². The van der Waals surface area contributed by atoms with E-state index in [4.69, 9.17) is 5.73 Å². The molecule has 1 saturated carbocycles. The van der Waals surface area contributed by atoms with Crippen molar-refractivity contribution in [3.05, 3.63) is 53.9 Å². The van der Waals surface area contributed by atoms with Gasteiger partial charge in [0.15, 0.2) is 5.96 Å². The molecule has 1 fully saturated rings. The molecule has 0 aliphatic heterocycles. The first-order valence-electron chi connectivity index (χ1n) is 8.42. The Labute approximate surface area is 137 Å². The van der Waals surface area contributed by atoms with Gasteiger partial charge >= 0.3 is 0 Å². The van der Waals surface area contributed by atoms with Gasteiger partial charge in [-0.25, -0.2) is 4.99 Å². The fraction of sp³-hybridized carbons (Fsp3) is 0.444. The smallest absolute Gasteiger partial charge is 0.189 e. The molecule has 1 aromatic heterocycles. The molecule has 0 spiro atoms. The van der Waals surface area contributed by atoms with Crippen LogP contribution in [0.2, 0.25) is 0 Å². The fourth-order valence-electron chi connectivity index (χ4n) is 3.11. The highest BCUT2D eigenvalue weighted by atomic mass is 15.3. The molecule has 0 saturated heterocycles. The standard InChI is InChI=1S/C18H25N5/c19-18(22-17-9-2-1-3-10-17)20-13-15-7-4-5-8-16(15)14-23-12-6-11-21-23/h4-8,11-12,17H,1-3,9-10,13-14H2,(H3,19,20,22). The Balaban J connectivity index is 1.61. The van der Waals surface area contributed by atoms with Gasteiger partial charge in [-0.1, -0.05) is 43.5 Å². The summed E-state index contributed by atoms with van der Waals surface area (Å²) in [5, 5.41) is 7.63. The number of aromatic nitrogens is 2. The summed E-state index contributed by atoms with van der Waals surface area (Å²) < 4.78 is 1.92. The van der Waals surface area contributed by atoms with Crippen molar-refractivity contribution in [1.29, 1.82) is 0 Å². The summed E-state index contributed by atoms with van der Waals surface area (Å²) in [7, 11) is 0. The second kappa shape index (κ2) is 7.81. The third-order valence-corrected chi connectivity index (χ3v) is 4.39. The highest BCUT2D eigenvalue weighted by Crippen LogP contribution is 2.17. The van der Waals surface area contributed by atoms with Gasteiger partial charge in [0, 0.05) is 18.4 Å². The zero-order valence-electron chi connectivity index (χ0n) is 13.5. The van der Waals surface area contributed by atoms with Crippen molar-refractivity contribution >= 4 is 5.96 Å². The molecular formula is C18H25N5. The lowest BCUT2D eigenvalue weighted by Gasteiger charge is -2.23. The molecule has 5 nitrogen and oxygen atoms in total. The number of guanidine groups is 1. The molecule has 3 rings (SSSR count). The van der Waals surface area contributed by atoms with E-state index in [-0.39, 0.29) is 0 Å². The van der Waals surface area contributed by atoms with Crippen LogP contribution in [0.15, 0.2) is 47.7 Å². The van der Waals surface area contributed by atoms with E-state index in [0.29, 0.717) is 18.5 Å². The first-order valence-corrected chi connectivity index (χ1v) is 8.42. The first kappa shape index (κ1) is 15.6. The van der Waals surface area contributed by atoms with Crippen LogP contribution in [0, 0.1) is 0 Å². The average molecular weight is 311 g/mol. The molecule has 23 heavy (non-hydrogen) atoms. The molecule has 0 amide bonds. The third kappa shape index (κ3) is 4.58. The van der Waals surface area contributed by atoms with Gasteiger partial charge in [0.1, 0.15) is 0 Å². The van der Waals surface area contributed by atoms with E-state index in [2.05, 4.69) is 33.6 Å². The van der Waals surface area contributed by atoms with Crippen molar-refractivity contribution in [2.75, 3.05) is 0 Å². The summed E-state index contributed by atoms with van der Waals surface area (Å²) in [6.45, 7) is 1.36. The number of hydrogen-bond acceptors (Lipinski definition) is 2. The predicted molar refractivity (Wildman–Crippen MR) is 93.1 cm³/mol. The maximum Gasteiger partial charge on any atom is 0.189 e. The van der Waals surface area contributed by atoms with Crippen LogP contribution in [0.5, 0.6) is 0 Å². The van der Waals surface area contributed by atoms with Crippen LogP contribution in [0.4, 0.5) is 0 Å². The maximum atomic E-state index is 6.06. The monoisotopic (exact) mass is 311 g/mol. The van der Waals surface area contributed by atoms with Crippen molar-refractivity contribution < 1.29 is 0 Å². The first-order chi connectivity index (χ1) is 11.3. The van der Waals surface area contributed by atoms with Crippen LogP contribution in [0.25, 0.3) is 0 Å². The number of nitrogens with zero attached hydrogens (tertiary/aromatic N) is 3. The van der Waals surface area contributed by atoms with E-state index in [9.17, 15) is 0 Å². The van der Waals surface area contributed by atoms with Gasteiger partial charge in [-0.2, -0.15) is 5.10 Å². The molecule has 0 bridgehead atoms. The van der Waals surface area contributed by atoms with E-state index in [1.165, 1.54) is 43.2 Å². The van der Waals surface area contributed by atoms with Crippen LogP contribution in [0.1, 0.15) is 43.2 Å². The van der Waals surface area contributed by atoms with E-state index < -0.39 is 0 Å². The van der Waals surface area contributed by atoms with Crippen LogP contribution in [-0.4, -0.2) is 21.8 Å². The Bertz CT molecular complexity index is 627. The fourth-order valence-corrected chi connectivity index (χ4v) is 3.11. The highest BCUT2D eigenvalue weighted by Gasteiger charge is 2.13. The number of rotatable bonds is 5. The second-order valence-electron chi connectivity index (χ2n) is 6.15. The van der Waals surface area contributed by atoms with Crippen molar-refractivity contribution in [3.8, 4) is 0 Å². The van der Waals surface area contributed by atoms with E-state index >= 15 is 0 Å². The summed E-state index contributed by atoms with van der Waals surface area (Å²) in [5.74, 6) is 0.561.